The number of allylic oxidation sites excluding steroid dienone is 1. The summed E-state index contributed by atoms with van der Waals surface area (Å²) in [5.74, 6) is 0. The highest BCUT2D eigenvalue weighted by Gasteiger charge is 2.14. The second-order valence-electron chi connectivity index (χ2n) is 4.33. The summed E-state index contributed by atoms with van der Waals surface area (Å²) in [5.41, 5.74) is 0. The molecule has 0 saturated carbocycles. The number of hydrogen-bond acceptors (Lipinski definition) is 3. The summed E-state index contributed by atoms with van der Waals surface area (Å²) in [4.78, 5) is 0. The fraction of sp³-hybridized carbons (Fsp3) is 0.846. The normalized spacial score (nSPS) is 22.9. The summed E-state index contributed by atoms with van der Waals surface area (Å²) in [5, 5.41) is 9.65. The molecule has 0 bridgehead atoms. The Morgan fingerprint density at radius 3 is 3.00 bits per heavy atom. The Hall–Kier alpha value is -0.380. The summed E-state index contributed by atoms with van der Waals surface area (Å²) < 4.78 is 11.0. The number of aliphatic hydroxyl groups is 1. The lowest BCUT2D eigenvalue weighted by Crippen LogP contribution is -2.24. The minimum Gasteiger partial charge on any atom is -0.393 e. The second kappa shape index (κ2) is 8.74. The fourth-order valence-electron chi connectivity index (χ4n) is 1.82. The van der Waals surface area contributed by atoms with Gasteiger partial charge in [0.2, 0.25) is 0 Å². The van der Waals surface area contributed by atoms with Crippen molar-refractivity contribution in [2.75, 3.05) is 13.2 Å². The van der Waals surface area contributed by atoms with E-state index in [1.54, 1.807) is 0 Å². The molecule has 0 spiro atoms. The largest absolute Gasteiger partial charge is 0.393 e. The number of ether oxygens (including phenoxy) is 2. The van der Waals surface area contributed by atoms with E-state index >= 15 is 0 Å². The molecule has 1 heterocycles. The number of aliphatic hydroxyl groups excluding tert-OH is 1. The van der Waals surface area contributed by atoms with Gasteiger partial charge in [0.15, 0.2) is 6.29 Å². The zero-order valence-corrected chi connectivity index (χ0v) is 10.1. The molecule has 94 valence electrons. The van der Waals surface area contributed by atoms with Crippen molar-refractivity contribution in [3.8, 4) is 0 Å². The van der Waals surface area contributed by atoms with Crippen LogP contribution in [0.4, 0.5) is 0 Å². The van der Waals surface area contributed by atoms with Gasteiger partial charge >= 0.3 is 0 Å². The summed E-state index contributed by atoms with van der Waals surface area (Å²) in [6, 6.07) is 0. The highest BCUT2D eigenvalue weighted by atomic mass is 16.7. The van der Waals surface area contributed by atoms with Crippen molar-refractivity contribution in [2.24, 2.45) is 0 Å². The van der Waals surface area contributed by atoms with Gasteiger partial charge in [0, 0.05) is 6.61 Å². The highest BCUT2D eigenvalue weighted by molar-refractivity contribution is 4.67. The molecule has 0 aromatic carbocycles. The average Bonchev–Trinajstić information content (AvgIpc) is 2.31. The fourth-order valence-corrected chi connectivity index (χ4v) is 1.82. The van der Waals surface area contributed by atoms with E-state index in [0.717, 1.165) is 38.7 Å². The third-order valence-corrected chi connectivity index (χ3v) is 2.84. The summed E-state index contributed by atoms with van der Waals surface area (Å²) in [7, 11) is 0. The van der Waals surface area contributed by atoms with E-state index in [0.29, 0.717) is 13.0 Å². The second-order valence-corrected chi connectivity index (χ2v) is 4.33. The van der Waals surface area contributed by atoms with E-state index in [-0.39, 0.29) is 12.4 Å². The molecule has 1 aliphatic heterocycles. The molecule has 3 heteroatoms. The van der Waals surface area contributed by atoms with E-state index in [1.165, 1.54) is 6.42 Å². The third-order valence-electron chi connectivity index (χ3n) is 2.84. The van der Waals surface area contributed by atoms with Gasteiger partial charge in [0.05, 0.1) is 12.7 Å². The molecular formula is C13H24O3. The molecule has 1 unspecified atom stereocenters. The maximum atomic E-state index is 9.65. The number of rotatable bonds is 8. The predicted molar refractivity (Wildman–Crippen MR) is 64.2 cm³/mol. The molecule has 0 aromatic heterocycles. The van der Waals surface area contributed by atoms with Crippen LogP contribution < -0.4 is 0 Å². The van der Waals surface area contributed by atoms with Gasteiger partial charge in [-0.05, 0) is 44.9 Å². The summed E-state index contributed by atoms with van der Waals surface area (Å²) >= 11 is 0. The topological polar surface area (TPSA) is 38.7 Å². The molecule has 0 amide bonds. The lowest BCUT2D eigenvalue weighted by molar-refractivity contribution is -0.165. The van der Waals surface area contributed by atoms with Crippen LogP contribution in [0, 0.1) is 0 Å². The lowest BCUT2D eigenvalue weighted by atomic mass is 10.1. The zero-order valence-electron chi connectivity index (χ0n) is 10.1. The molecule has 16 heavy (non-hydrogen) atoms. The molecule has 1 N–H and O–H groups in total. The van der Waals surface area contributed by atoms with Crippen LogP contribution in [0.5, 0.6) is 0 Å². The van der Waals surface area contributed by atoms with Gasteiger partial charge < -0.3 is 14.6 Å². The third kappa shape index (κ3) is 6.26. The molecule has 3 nitrogen and oxygen atoms in total. The Morgan fingerprint density at radius 1 is 1.44 bits per heavy atom. The van der Waals surface area contributed by atoms with Crippen LogP contribution in [0.25, 0.3) is 0 Å². The van der Waals surface area contributed by atoms with Crippen molar-refractivity contribution in [3.63, 3.8) is 0 Å². The minimum atomic E-state index is -0.247. The molecule has 1 aliphatic rings. The zero-order chi connectivity index (χ0) is 11.6. The molecule has 0 aromatic rings. The van der Waals surface area contributed by atoms with E-state index < -0.39 is 0 Å². The van der Waals surface area contributed by atoms with Gasteiger partial charge in [-0.25, -0.2) is 0 Å². The standard InChI is InChI=1S/C13H24O3/c1-2-3-4-7-12(14)9-11-16-13-8-5-6-10-15-13/h2,12-14H,1,3-11H2/t12-,13?/m1/s1. The van der Waals surface area contributed by atoms with Gasteiger partial charge in [-0.1, -0.05) is 6.08 Å². The quantitative estimate of drug-likeness (QED) is 0.512. The Kier molecular flexibility index (Phi) is 7.47. The molecule has 1 fully saturated rings. The monoisotopic (exact) mass is 228 g/mol. The first kappa shape index (κ1) is 13.7. The Labute approximate surface area is 98.4 Å². The molecular weight excluding hydrogens is 204 g/mol. The Bertz CT molecular complexity index is 176. The Morgan fingerprint density at radius 2 is 2.31 bits per heavy atom. The maximum absolute atomic E-state index is 9.65. The van der Waals surface area contributed by atoms with E-state index in [9.17, 15) is 5.11 Å². The first-order valence-electron chi connectivity index (χ1n) is 6.35. The van der Waals surface area contributed by atoms with Crippen LogP contribution in [0.3, 0.4) is 0 Å². The van der Waals surface area contributed by atoms with Crippen molar-refractivity contribution in [3.05, 3.63) is 12.7 Å². The van der Waals surface area contributed by atoms with Gasteiger partial charge in [-0.3, -0.25) is 0 Å². The van der Waals surface area contributed by atoms with Crippen molar-refractivity contribution < 1.29 is 14.6 Å². The van der Waals surface area contributed by atoms with Crippen molar-refractivity contribution in [2.45, 2.75) is 57.3 Å². The van der Waals surface area contributed by atoms with Gasteiger partial charge in [-0.2, -0.15) is 0 Å². The van der Waals surface area contributed by atoms with Crippen LogP contribution in [-0.4, -0.2) is 30.7 Å². The average molecular weight is 228 g/mol. The number of hydrogen-bond donors (Lipinski definition) is 1. The highest BCUT2D eigenvalue weighted by Crippen LogP contribution is 2.14. The first-order valence-corrected chi connectivity index (χ1v) is 6.35. The molecule has 2 atom stereocenters. The lowest BCUT2D eigenvalue weighted by Gasteiger charge is -2.23. The number of unbranched alkanes of at least 4 members (excludes halogenated alkanes) is 1. The van der Waals surface area contributed by atoms with Crippen molar-refractivity contribution in [1.82, 2.24) is 0 Å². The summed E-state index contributed by atoms with van der Waals surface area (Å²) in [6.07, 6.45) is 8.45. The SMILES string of the molecule is C=CCCC[C@@H](O)CCOC1CCCCO1. The van der Waals surface area contributed by atoms with Crippen molar-refractivity contribution >= 4 is 0 Å². The molecule has 1 rings (SSSR count). The van der Waals surface area contributed by atoms with E-state index in [1.807, 2.05) is 6.08 Å². The van der Waals surface area contributed by atoms with Crippen LogP contribution in [-0.2, 0) is 9.47 Å². The smallest absolute Gasteiger partial charge is 0.157 e. The van der Waals surface area contributed by atoms with Crippen molar-refractivity contribution in [1.29, 1.82) is 0 Å². The Balaban J connectivity index is 1.94. The van der Waals surface area contributed by atoms with E-state index in [2.05, 4.69) is 6.58 Å². The van der Waals surface area contributed by atoms with E-state index in [4.69, 9.17) is 9.47 Å². The van der Waals surface area contributed by atoms with Gasteiger partial charge in [0.25, 0.3) is 0 Å². The van der Waals surface area contributed by atoms with Crippen LogP contribution in [0.15, 0.2) is 12.7 Å². The van der Waals surface area contributed by atoms with Crippen LogP contribution >= 0.6 is 0 Å². The molecule has 1 saturated heterocycles. The predicted octanol–water partition coefficient (Wildman–Crippen LogP) is 2.64. The molecule has 0 radical (unpaired) electrons. The molecule has 0 aliphatic carbocycles. The maximum Gasteiger partial charge on any atom is 0.157 e. The van der Waals surface area contributed by atoms with Gasteiger partial charge in [-0.15, -0.1) is 6.58 Å². The first-order chi connectivity index (χ1) is 7.83. The van der Waals surface area contributed by atoms with Crippen LogP contribution in [0.2, 0.25) is 0 Å². The summed E-state index contributed by atoms with van der Waals surface area (Å²) in [6.45, 7) is 5.07. The minimum absolute atomic E-state index is 0.0332. The van der Waals surface area contributed by atoms with Crippen LogP contribution in [0.1, 0.15) is 44.9 Å². The van der Waals surface area contributed by atoms with Gasteiger partial charge in [0.1, 0.15) is 0 Å².